The molecule has 1 aromatic rings. The third-order valence-electron chi connectivity index (χ3n) is 4.80. The maximum absolute atomic E-state index is 12.5. The lowest BCUT2D eigenvalue weighted by Gasteiger charge is -2.25. The van der Waals surface area contributed by atoms with Crippen molar-refractivity contribution in [3.8, 4) is 5.75 Å². The van der Waals surface area contributed by atoms with Crippen molar-refractivity contribution in [2.75, 3.05) is 33.3 Å². The van der Waals surface area contributed by atoms with Crippen molar-refractivity contribution in [1.82, 2.24) is 9.80 Å². The van der Waals surface area contributed by atoms with E-state index in [1.165, 1.54) is 5.56 Å². The summed E-state index contributed by atoms with van der Waals surface area (Å²) in [6, 6.07) is 8.26. The SMILES string of the molecule is CCC(CC)C(=O)N1CCCN(Cc2ccc(OC)cc2)CC1. The quantitative estimate of drug-likeness (QED) is 0.808. The first-order chi connectivity index (χ1) is 11.2. The second-order valence-electron chi connectivity index (χ2n) is 6.32. The third-order valence-corrected chi connectivity index (χ3v) is 4.80. The van der Waals surface area contributed by atoms with Gasteiger partial charge in [0, 0.05) is 38.6 Å². The van der Waals surface area contributed by atoms with E-state index < -0.39 is 0 Å². The third kappa shape index (κ3) is 4.96. The predicted octanol–water partition coefficient (Wildman–Crippen LogP) is 3.17. The van der Waals surface area contributed by atoms with Gasteiger partial charge in [-0.3, -0.25) is 9.69 Å². The van der Waals surface area contributed by atoms with Crippen LogP contribution in [0.2, 0.25) is 0 Å². The summed E-state index contributed by atoms with van der Waals surface area (Å²) in [5.74, 6) is 1.44. The molecule has 1 aliphatic heterocycles. The summed E-state index contributed by atoms with van der Waals surface area (Å²) >= 11 is 0. The number of hydrogen-bond donors (Lipinski definition) is 0. The predicted molar refractivity (Wildman–Crippen MR) is 93.5 cm³/mol. The van der Waals surface area contributed by atoms with Crippen molar-refractivity contribution < 1.29 is 9.53 Å². The minimum atomic E-state index is 0.197. The van der Waals surface area contributed by atoms with Crippen molar-refractivity contribution >= 4 is 5.91 Å². The molecule has 0 aliphatic carbocycles. The summed E-state index contributed by atoms with van der Waals surface area (Å²) in [4.78, 5) is 17.1. The minimum Gasteiger partial charge on any atom is -0.497 e. The van der Waals surface area contributed by atoms with E-state index in [0.717, 1.165) is 57.7 Å². The maximum atomic E-state index is 12.5. The molecule has 0 atom stereocenters. The summed E-state index contributed by atoms with van der Waals surface area (Å²) < 4.78 is 5.21. The molecular weight excluding hydrogens is 288 g/mol. The molecule has 1 amide bonds. The zero-order chi connectivity index (χ0) is 16.7. The van der Waals surface area contributed by atoms with Crippen molar-refractivity contribution in [3.05, 3.63) is 29.8 Å². The standard InChI is InChI=1S/C19H30N2O2/c1-4-17(5-2)19(22)21-12-6-11-20(13-14-21)15-16-7-9-18(23-3)10-8-16/h7-10,17H,4-6,11-15H2,1-3H3. The van der Waals surface area contributed by atoms with Crippen LogP contribution < -0.4 is 4.74 Å². The van der Waals surface area contributed by atoms with Gasteiger partial charge in [0.05, 0.1) is 7.11 Å². The number of carbonyl (C=O) groups is 1. The van der Waals surface area contributed by atoms with Gasteiger partial charge in [0.1, 0.15) is 5.75 Å². The van der Waals surface area contributed by atoms with Gasteiger partial charge in [-0.2, -0.15) is 0 Å². The summed E-state index contributed by atoms with van der Waals surface area (Å²) in [6.07, 6.45) is 2.95. The number of amides is 1. The highest BCUT2D eigenvalue weighted by atomic mass is 16.5. The largest absolute Gasteiger partial charge is 0.497 e. The van der Waals surface area contributed by atoms with E-state index in [1.54, 1.807) is 7.11 Å². The molecule has 0 spiro atoms. The van der Waals surface area contributed by atoms with Gasteiger partial charge in [-0.1, -0.05) is 26.0 Å². The number of ether oxygens (including phenoxy) is 1. The molecule has 1 saturated heterocycles. The Hall–Kier alpha value is -1.55. The van der Waals surface area contributed by atoms with E-state index in [2.05, 4.69) is 35.8 Å². The molecule has 23 heavy (non-hydrogen) atoms. The molecule has 1 aliphatic rings. The van der Waals surface area contributed by atoms with Crippen LogP contribution in [-0.4, -0.2) is 49.0 Å². The van der Waals surface area contributed by atoms with Crippen LogP contribution in [0.1, 0.15) is 38.7 Å². The lowest BCUT2D eigenvalue weighted by atomic mass is 10.0. The van der Waals surface area contributed by atoms with Crippen LogP contribution in [0.25, 0.3) is 0 Å². The molecule has 0 saturated carbocycles. The monoisotopic (exact) mass is 318 g/mol. The Morgan fingerprint density at radius 3 is 2.39 bits per heavy atom. The fourth-order valence-corrected chi connectivity index (χ4v) is 3.23. The van der Waals surface area contributed by atoms with Gasteiger partial charge in [0.2, 0.25) is 5.91 Å². The van der Waals surface area contributed by atoms with Gasteiger partial charge in [0.25, 0.3) is 0 Å². The first-order valence-corrected chi connectivity index (χ1v) is 8.82. The summed E-state index contributed by atoms with van der Waals surface area (Å²) in [5.41, 5.74) is 1.30. The Morgan fingerprint density at radius 2 is 1.78 bits per heavy atom. The van der Waals surface area contributed by atoms with Gasteiger partial charge in [-0.05, 0) is 37.0 Å². The molecule has 4 nitrogen and oxygen atoms in total. The van der Waals surface area contributed by atoms with Gasteiger partial charge in [-0.15, -0.1) is 0 Å². The maximum Gasteiger partial charge on any atom is 0.225 e. The Balaban J connectivity index is 1.89. The molecule has 128 valence electrons. The highest BCUT2D eigenvalue weighted by molar-refractivity contribution is 5.78. The Labute approximate surface area is 140 Å². The number of hydrogen-bond acceptors (Lipinski definition) is 3. The number of nitrogens with zero attached hydrogens (tertiary/aromatic N) is 2. The van der Waals surface area contributed by atoms with E-state index in [-0.39, 0.29) is 5.92 Å². The van der Waals surface area contributed by atoms with Gasteiger partial charge < -0.3 is 9.64 Å². The fourth-order valence-electron chi connectivity index (χ4n) is 3.23. The molecule has 0 unspecified atom stereocenters. The Morgan fingerprint density at radius 1 is 1.09 bits per heavy atom. The van der Waals surface area contributed by atoms with Crippen molar-refractivity contribution in [3.63, 3.8) is 0 Å². The average molecular weight is 318 g/mol. The van der Waals surface area contributed by atoms with Crippen molar-refractivity contribution in [1.29, 1.82) is 0 Å². The summed E-state index contributed by atoms with van der Waals surface area (Å²) in [7, 11) is 1.69. The molecule has 0 aromatic heterocycles. The first kappa shape index (κ1) is 17.8. The summed E-state index contributed by atoms with van der Waals surface area (Å²) in [5, 5.41) is 0. The summed E-state index contributed by atoms with van der Waals surface area (Å²) in [6.45, 7) is 8.92. The van der Waals surface area contributed by atoms with Crippen LogP contribution in [-0.2, 0) is 11.3 Å². The average Bonchev–Trinajstić information content (AvgIpc) is 2.82. The molecule has 0 bridgehead atoms. The highest BCUT2D eigenvalue weighted by Gasteiger charge is 2.23. The lowest BCUT2D eigenvalue weighted by molar-refractivity contribution is -0.135. The lowest BCUT2D eigenvalue weighted by Crippen LogP contribution is -2.38. The van der Waals surface area contributed by atoms with E-state index in [1.807, 2.05) is 12.1 Å². The molecule has 1 fully saturated rings. The minimum absolute atomic E-state index is 0.197. The van der Waals surface area contributed by atoms with Gasteiger partial charge in [-0.25, -0.2) is 0 Å². The molecule has 0 radical (unpaired) electrons. The number of carbonyl (C=O) groups excluding carboxylic acids is 1. The van der Waals surface area contributed by atoms with Gasteiger partial charge in [0.15, 0.2) is 0 Å². The zero-order valence-electron chi connectivity index (χ0n) is 14.8. The van der Waals surface area contributed by atoms with Crippen LogP contribution in [0.5, 0.6) is 5.75 Å². The zero-order valence-corrected chi connectivity index (χ0v) is 14.8. The number of rotatable bonds is 6. The number of methoxy groups -OCH3 is 1. The highest BCUT2D eigenvalue weighted by Crippen LogP contribution is 2.16. The van der Waals surface area contributed by atoms with E-state index >= 15 is 0 Å². The normalized spacial score (nSPS) is 16.4. The van der Waals surface area contributed by atoms with Gasteiger partial charge >= 0.3 is 0 Å². The first-order valence-electron chi connectivity index (χ1n) is 8.82. The molecule has 0 N–H and O–H groups in total. The molecule has 1 aromatic carbocycles. The number of benzene rings is 1. The van der Waals surface area contributed by atoms with Crippen molar-refractivity contribution in [2.45, 2.75) is 39.7 Å². The van der Waals surface area contributed by atoms with Crippen LogP contribution >= 0.6 is 0 Å². The second-order valence-corrected chi connectivity index (χ2v) is 6.32. The smallest absolute Gasteiger partial charge is 0.225 e. The molecule has 4 heteroatoms. The second kappa shape index (κ2) is 8.92. The van der Waals surface area contributed by atoms with E-state index in [9.17, 15) is 4.79 Å². The van der Waals surface area contributed by atoms with Crippen LogP contribution in [0.3, 0.4) is 0 Å². The Kier molecular flexibility index (Phi) is 6.90. The van der Waals surface area contributed by atoms with Crippen LogP contribution in [0.4, 0.5) is 0 Å². The topological polar surface area (TPSA) is 32.8 Å². The van der Waals surface area contributed by atoms with Crippen molar-refractivity contribution in [2.24, 2.45) is 5.92 Å². The Bertz CT molecular complexity index is 483. The van der Waals surface area contributed by atoms with Crippen LogP contribution in [0, 0.1) is 5.92 Å². The molecule has 2 rings (SSSR count). The van der Waals surface area contributed by atoms with E-state index in [0.29, 0.717) is 5.91 Å². The van der Waals surface area contributed by atoms with E-state index in [4.69, 9.17) is 4.74 Å². The molecule has 1 heterocycles. The van der Waals surface area contributed by atoms with Crippen LogP contribution in [0.15, 0.2) is 24.3 Å². The molecular formula is C19H30N2O2. The fraction of sp³-hybridized carbons (Fsp3) is 0.632.